The van der Waals surface area contributed by atoms with Crippen molar-refractivity contribution in [2.45, 2.75) is 6.23 Å². The molecule has 0 saturated carbocycles. The van der Waals surface area contributed by atoms with Crippen molar-refractivity contribution in [3.63, 3.8) is 0 Å². The minimum Gasteiger partial charge on any atom is -0.410 e. The normalized spacial score (nSPS) is 21.9. The highest BCUT2D eigenvalue weighted by molar-refractivity contribution is 6.36. The molecule has 0 amide bonds. The Balaban J connectivity index is 2.69. The molecule has 1 aliphatic rings. The second-order valence-electron chi connectivity index (χ2n) is 2.92. The average molecular weight is 228 g/mol. The molecule has 78 valence electrons. The number of nitrogens with zero attached hydrogens (tertiary/aromatic N) is 3. The lowest BCUT2D eigenvalue weighted by atomic mass is 10.1. The Labute approximate surface area is 89.3 Å². The quantitative estimate of drug-likeness (QED) is 0.431. The zero-order valence-electron chi connectivity index (χ0n) is 7.33. The third kappa shape index (κ3) is 1.26. The summed E-state index contributed by atoms with van der Waals surface area (Å²) in [6, 6.07) is 4.71. The Hall–Kier alpha value is -1.66. The maximum atomic E-state index is 10.5. The molecule has 1 aromatic carbocycles. The lowest BCUT2D eigenvalue weighted by molar-refractivity contribution is 0.230. The summed E-state index contributed by atoms with van der Waals surface area (Å²) in [7, 11) is 0. The van der Waals surface area contributed by atoms with Crippen molar-refractivity contribution in [2.24, 2.45) is 10.4 Å². The molecule has 6 nitrogen and oxygen atoms in total. The van der Waals surface area contributed by atoms with Crippen LogP contribution >= 0.6 is 11.6 Å². The first-order valence-electron chi connectivity index (χ1n) is 4.02. The molecular weight excluding hydrogens is 222 g/mol. The first-order valence-corrected chi connectivity index (χ1v) is 4.40. The van der Waals surface area contributed by atoms with Crippen LogP contribution in [0, 0.1) is 4.91 Å². The predicted octanol–water partition coefficient (Wildman–Crippen LogP) is 1.34. The van der Waals surface area contributed by atoms with Gasteiger partial charge in [0.1, 0.15) is 5.71 Å². The van der Waals surface area contributed by atoms with E-state index in [1.807, 2.05) is 0 Å². The molecular formula is C8H6ClN3O3. The smallest absolute Gasteiger partial charge is 0.198 e. The van der Waals surface area contributed by atoms with E-state index in [2.05, 4.69) is 10.4 Å². The summed E-state index contributed by atoms with van der Waals surface area (Å²) in [6.07, 6.45) is -1.40. The predicted molar refractivity (Wildman–Crippen MR) is 54.1 cm³/mol. The Morgan fingerprint density at radius 3 is 2.80 bits per heavy atom. The number of halogens is 1. The molecule has 1 unspecified atom stereocenters. The molecule has 0 radical (unpaired) electrons. The maximum absolute atomic E-state index is 10.5. The largest absolute Gasteiger partial charge is 0.410 e. The SMILES string of the molecule is O=NN1c2cccc(Cl)c2C(=NO)C1O. The van der Waals surface area contributed by atoms with Gasteiger partial charge in [0.25, 0.3) is 0 Å². The van der Waals surface area contributed by atoms with Gasteiger partial charge in [0.15, 0.2) is 6.23 Å². The average Bonchev–Trinajstić information content (AvgIpc) is 2.51. The molecule has 1 heterocycles. The number of benzene rings is 1. The van der Waals surface area contributed by atoms with Crippen molar-refractivity contribution in [1.29, 1.82) is 0 Å². The summed E-state index contributed by atoms with van der Waals surface area (Å²) >= 11 is 5.86. The van der Waals surface area contributed by atoms with Crippen LogP contribution in [0.3, 0.4) is 0 Å². The zero-order valence-corrected chi connectivity index (χ0v) is 8.09. The highest BCUT2D eigenvalue weighted by Gasteiger charge is 2.37. The van der Waals surface area contributed by atoms with Crippen molar-refractivity contribution >= 4 is 23.0 Å². The molecule has 1 aromatic rings. The Morgan fingerprint density at radius 1 is 1.47 bits per heavy atom. The molecule has 1 aliphatic heterocycles. The first kappa shape index (κ1) is 9.88. The van der Waals surface area contributed by atoms with Gasteiger partial charge < -0.3 is 10.3 Å². The Kier molecular flexibility index (Phi) is 2.29. The van der Waals surface area contributed by atoms with Gasteiger partial charge in [0.05, 0.1) is 16.0 Å². The number of aliphatic hydroxyl groups excluding tert-OH is 1. The Bertz CT molecular complexity index is 449. The number of aliphatic hydroxyl groups is 1. The van der Waals surface area contributed by atoms with Gasteiger partial charge in [0.2, 0.25) is 0 Å². The van der Waals surface area contributed by atoms with E-state index in [4.69, 9.17) is 16.8 Å². The summed E-state index contributed by atoms with van der Waals surface area (Å²) in [6.45, 7) is 0. The Morgan fingerprint density at radius 2 is 2.20 bits per heavy atom. The van der Waals surface area contributed by atoms with E-state index in [0.29, 0.717) is 11.3 Å². The number of hydrogen-bond acceptors (Lipinski definition) is 5. The highest BCUT2D eigenvalue weighted by atomic mass is 35.5. The summed E-state index contributed by atoms with van der Waals surface area (Å²) in [5, 5.41) is 24.9. The topological polar surface area (TPSA) is 85.5 Å². The summed E-state index contributed by atoms with van der Waals surface area (Å²) in [5.41, 5.74) is 0.543. The third-order valence-corrected chi connectivity index (χ3v) is 2.48. The van der Waals surface area contributed by atoms with E-state index in [-0.39, 0.29) is 10.7 Å². The highest BCUT2D eigenvalue weighted by Crippen LogP contribution is 2.36. The van der Waals surface area contributed by atoms with Crippen molar-refractivity contribution in [3.8, 4) is 0 Å². The molecule has 15 heavy (non-hydrogen) atoms. The third-order valence-electron chi connectivity index (χ3n) is 2.17. The van der Waals surface area contributed by atoms with E-state index >= 15 is 0 Å². The minimum absolute atomic E-state index is 0.0878. The van der Waals surface area contributed by atoms with E-state index in [0.717, 1.165) is 5.01 Å². The molecule has 0 aliphatic carbocycles. The van der Waals surface area contributed by atoms with Crippen molar-refractivity contribution in [3.05, 3.63) is 33.7 Å². The van der Waals surface area contributed by atoms with Crippen LogP contribution in [0.2, 0.25) is 5.02 Å². The van der Waals surface area contributed by atoms with E-state index in [1.165, 1.54) is 0 Å². The number of oxime groups is 1. The molecule has 0 aromatic heterocycles. The van der Waals surface area contributed by atoms with Gasteiger partial charge in [-0.1, -0.05) is 22.8 Å². The molecule has 2 rings (SSSR count). The van der Waals surface area contributed by atoms with Gasteiger partial charge in [-0.15, -0.1) is 4.91 Å². The van der Waals surface area contributed by atoms with Gasteiger partial charge in [-0.3, -0.25) is 0 Å². The summed E-state index contributed by atoms with van der Waals surface area (Å²) in [5.74, 6) is 0. The van der Waals surface area contributed by atoms with Crippen LogP contribution in [0.25, 0.3) is 0 Å². The van der Waals surface area contributed by atoms with Crippen molar-refractivity contribution in [1.82, 2.24) is 0 Å². The second-order valence-corrected chi connectivity index (χ2v) is 3.33. The molecule has 2 N–H and O–H groups in total. The summed E-state index contributed by atoms with van der Waals surface area (Å²) in [4.78, 5) is 10.5. The molecule has 7 heteroatoms. The van der Waals surface area contributed by atoms with Gasteiger partial charge in [-0.2, -0.15) is 5.01 Å². The van der Waals surface area contributed by atoms with Gasteiger partial charge >= 0.3 is 0 Å². The van der Waals surface area contributed by atoms with Gasteiger partial charge in [0, 0.05) is 5.56 Å². The van der Waals surface area contributed by atoms with Crippen LogP contribution in [0.4, 0.5) is 5.69 Å². The van der Waals surface area contributed by atoms with Crippen LogP contribution in [0.5, 0.6) is 0 Å². The molecule has 1 atom stereocenters. The monoisotopic (exact) mass is 227 g/mol. The maximum Gasteiger partial charge on any atom is 0.198 e. The zero-order chi connectivity index (χ0) is 11.0. The minimum atomic E-state index is -1.40. The van der Waals surface area contributed by atoms with Crippen molar-refractivity contribution in [2.75, 3.05) is 5.01 Å². The first-order chi connectivity index (χ1) is 7.20. The van der Waals surface area contributed by atoms with Gasteiger partial charge in [-0.25, -0.2) is 0 Å². The molecule has 0 spiro atoms. The summed E-state index contributed by atoms with van der Waals surface area (Å²) < 4.78 is 0. The number of nitroso groups, excluding NO2 is 1. The van der Waals surface area contributed by atoms with Gasteiger partial charge in [-0.05, 0) is 12.1 Å². The number of hydrogen-bond donors (Lipinski definition) is 2. The molecule has 0 fully saturated rings. The fourth-order valence-electron chi connectivity index (χ4n) is 1.52. The standard InChI is InChI=1S/C8H6ClN3O3/c9-4-2-1-3-5-6(4)7(10-14)8(13)12(5)11-15/h1-3,8,13-14H. The van der Waals surface area contributed by atoms with Crippen LogP contribution in [0.1, 0.15) is 5.56 Å². The lowest BCUT2D eigenvalue weighted by Gasteiger charge is -2.11. The molecule has 0 saturated heterocycles. The van der Waals surface area contributed by atoms with E-state index < -0.39 is 6.23 Å². The molecule has 0 bridgehead atoms. The number of anilines is 1. The van der Waals surface area contributed by atoms with Crippen LogP contribution in [-0.4, -0.2) is 22.3 Å². The number of rotatable bonds is 1. The fourth-order valence-corrected chi connectivity index (χ4v) is 1.79. The van der Waals surface area contributed by atoms with Crippen LogP contribution < -0.4 is 5.01 Å². The second kappa shape index (κ2) is 3.48. The fraction of sp³-hybridized carbons (Fsp3) is 0.125. The van der Waals surface area contributed by atoms with Crippen LogP contribution in [0.15, 0.2) is 28.6 Å². The van der Waals surface area contributed by atoms with Crippen molar-refractivity contribution < 1.29 is 10.3 Å². The number of fused-ring (bicyclic) bond motifs is 1. The lowest BCUT2D eigenvalue weighted by Crippen LogP contribution is -2.30. The van der Waals surface area contributed by atoms with E-state index in [1.54, 1.807) is 18.2 Å². The van der Waals surface area contributed by atoms with Crippen LogP contribution in [-0.2, 0) is 0 Å². The van der Waals surface area contributed by atoms with E-state index in [9.17, 15) is 10.0 Å².